The number of benzene rings is 2. The SMILES string of the molecule is CC1=C(C(=O)Nc2ccc(F)c(F)c2)[C@@H](c2ccccc2Cl)NC(=O)N1C. The highest BCUT2D eigenvalue weighted by atomic mass is 35.5. The highest BCUT2D eigenvalue weighted by Gasteiger charge is 2.35. The van der Waals surface area contributed by atoms with Crippen molar-refractivity contribution in [1.82, 2.24) is 10.2 Å². The minimum atomic E-state index is -1.07. The Kier molecular flexibility index (Phi) is 5.14. The number of rotatable bonds is 3. The first kappa shape index (κ1) is 18.8. The second-order valence-electron chi connectivity index (χ2n) is 6.05. The van der Waals surface area contributed by atoms with Crippen molar-refractivity contribution in [3.63, 3.8) is 0 Å². The molecule has 2 aromatic carbocycles. The van der Waals surface area contributed by atoms with Gasteiger partial charge in [0.2, 0.25) is 0 Å². The van der Waals surface area contributed by atoms with Crippen LogP contribution < -0.4 is 10.6 Å². The number of hydrogen-bond acceptors (Lipinski definition) is 2. The van der Waals surface area contributed by atoms with Crippen molar-refractivity contribution < 1.29 is 18.4 Å². The second kappa shape index (κ2) is 7.36. The normalized spacial score (nSPS) is 17.0. The van der Waals surface area contributed by atoms with Crippen LogP contribution in [0.2, 0.25) is 5.02 Å². The van der Waals surface area contributed by atoms with Crippen molar-refractivity contribution in [2.75, 3.05) is 12.4 Å². The summed E-state index contributed by atoms with van der Waals surface area (Å²) in [6.45, 7) is 1.63. The van der Waals surface area contributed by atoms with E-state index in [4.69, 9.17) is 11.6 Å². The van der Waals surface area contributed by atoms with Crippen molar-refractivity contribution >= 4 is 29.2 Å². The van der Waals surface area contributed by atoms with Gasteiger partial charge in [0, 0.05) is 29.5 Å². The number of carbonyl (C=O) groups excluding carboxylic acids is 2. The molecule has 27 heavy (non-hydrogen) atoms. The topological polar surface area (TPSA) is 61.4 Å². The maximum atomic E-state index is 13.4. The Morgan fingerprint density at radius 1 is 1.19 bits per heavy atom. The Morgan fingerprint density at radius 2 is 1.89 bits per heavy atom. The summed E-state index contributed by atoms with van der Waals surface area (Å²) in [6.07, 6.45) is 0. The fourth-order valence-corrected chi connectivity index (χ4v) is 3.09. The number of nitrogens with zero attached hydrogens (tertiary/aromatic N) is 1. The van der Waals surface area contributed by atoms with Crippen LogP contribution in [0.15, 0.2) is 53.7 Å². The molecule has 8 heteroatoms. The second-order valence-corrected chi connectivity index (χ2v) is 6.45. The van der Waals surface area contributed by atoms with Gasteiger partial charge in [-0.25, -0.2) is 13.6 Å². The lowest BCUT2D eigenvalue weighted by Crippen LogP contribution is -2.46. The Bertz CT molecular complexity index is 962. The van der Waals surface area contributed by atoms with Crippen LogP contribution in [0.25, 0.3) is 0 Å². The van der Waals surface area contributed by atoms with Crippen LogP contribution in [-0.4, -0.2) is 23.9 Å². The van der Waals surface area contributed by atoms with E-state index in [-0.39, 0.29) is 17.3 Å². The van der Waals surface area contributed by atoms with E-state index in [0.717, 1.165) is 12.1 Å². The molecule has 3 amide bonds. The molecule has 2 aromatic rings. The third-order valence-corrected chi connectivity index (χ3v) is 4.74. The number of urea groups is 1. The fourth-order valence-electron chi connectivity index (χ4n) is 2.84. The smallest absolute Gasteiger partial charge is 0.322 e. The first-order chi connectivity index (χ1) is 12.8. The van der Waals surface area contributed by atoms with E-state index in [0.29, 0.717) is 16.3 Å². The van der Waals surface area contributed by atoms with Crippen molar-refractivity contribution in [1.29, 1.82) is 0 Å². The maximum absolute atomic E-state index is 13.4. The van der Waals surface area contributed by atoms with Gasteiger partial charge in [0.1, 0.15) is 0 Å². The molecule has 140 valence electrons. The number of nitrogens with one attached hydrogen (secondary N) is 2. The molecule has 0 saturated heterocycles. The summed E-state index contributed by atoms with van der Waals surface area (Å²) in [5.41, 5.74) is 1.31. The summed E-state index contributed by atoms with van der Waals surface area (Å²) >= 11 is 6.25. The monoisotopic (exact) mass is 391 g/mol. The molecule has 0 aromatic heterocycles. The van der Waals surface area contributed by atoms with Gasteiger partial charge < -0.3 is 15.5 Å². The summed E-state index contributed by atoms with van der Waals surface area (Å²) in [4.78, 5) is 26.4. The predicted octanol–water partition coefficient (Wildman–Crippen LogP) is 4.23. The minimum absolute atomic E-state index is 0.0941. The Labute approximate surface area is 159 Å². The average molecular weight is 392 g/mol. The van der Waals surface area contributed by atoms with Gasteiger partial charge in [-0.05, 0) is 30.7 Å². The largest absolute Gasteiger partial charge is 0.326 e. The van der Waals surface area contributed by atoms with Gasteiger partial charge in [-0.3, -0.25) is 4.79 Å². The number of amides is 3. The Morgan fingerprint density at radius 3 is 2.56 bits per heavy atom. The maximum Gasteiger partial charge on any atom is 0.322 e. The molecular weight excluding hydrogens is 376 g/mol. The number of halogens is 3. The molecule has 0 bridgehead atoms. The third-order valence-electron chi connectivity index (χ3n) is 4.39. The van der Waals surface area contributed by atoms with Gasteiger partial charge in [0.05, 0.1) is 11.6 Å². The first-order valence-electron chi connectivity index (χ1n) is 8.05. The fraction of sp³-hybridized carbons (Fsp3) is 0.158. The van der Waals surface area contributed by atoms with Gasteiger partial charge in [0.15, 0.2) is 11.6 Å². The quantitative estimate of drug-likeness (QED) is 0.822. The molecule has 0 spiro atoms. The lowest BCUT2D eigenvalue weighted by molar-refractivity contribution is -0.113. The molecule has 0 fully saturated rings. The summed E-state index contributed by atoms with van der Waals surface area (Å²) in [6, 6.07) is 8.73. The van der Waals surface area contributed by atoms with Crippen LogP contribution in [0.1, 0.15) is 18.5 Å². The molecule has 3 rings (SSSR count). The van der Waals surface area contributed by atoms with Crippen LogP contribution >= 0.6 is 11.6 Å². The zero-order valence-corrected chi connectivity index (χ0v) is 15.3. The van der Waals surface area contributed by atoms with Crippen LogP contribution in [-0.2, 0) is 4.79 Å². The van der Waals surface area contributed by atoms with E-state index in [1.165, 1.54) is 18.0 Å². The summed E-state index contributed by atoms with van der Waals surface area (Å²) in [5.74, 6) is -2.65. The van der Waals surface area contributed by atoms with Crippen LogP contribution in [0.4, 0.5) is 19.3 Å². The zero-order chi connectivity index (χ0) is 19.7. The minimum Gasteiger partial charge on any atom is -0.326 e. The van der Waals surface area contributed by atoms with E-state index in [2.05, 4.69) is 10.6 Å². The zero-order valence-electron chi connectivity index (χ0n) is 14.5. The summed E-state index contributed by atoms with van der Waals surface area (Å²) in [7, 11) is 1.53. The van der Waals surface area contributed by atoms with Gasteiger partial charge in [-0.2, -0.15) is 0 Å². The predicted molar refractivity (Wildman–Crippen MR) is 98.2 cm³/mol. The van der Waals surface area contributed by atoms with E-state index < -0.39 is 23.6 Å². The molecule has 0 unspecified atom stereocenters. The highest BCUT2D eigenvalue weighted by Crippen LogP contribution is 2.34. The van der Waals surface area contributed by atoms with E-state index in [1.807, 2.05) is 0 Å². The molecule has 2 N–H and O–H groups in total. The molecule has 1 atom stereocenters. The molecule has 0 aliphatic carbocycles. The molecule has 1 aliphatic rings. The van der Waals surface area contributed by atoms with Gasteiger partial charge in [-0.15, -0.1) is 0 Å². The number of carbonyl (C=O) groups is 2. The molecule has 0 saturated carbocycles. The number of hydrogen-bond donors (Lipinski definition) is 2. The molecular formula is C19H16ClF2N3O2. The first-order valence-corrected chi connectivity index (χ1v) is 8.43. The lowest BCUT2D eigenvalue weighted by atomic mass is 9.94. The van der Waals surface area contributed by atoms with Crippen LogP contribution in [0.3, 0.4) is 0 Å². The summed E-state index contributed by atoms with van der Waals surface area (Å²) < 4.78 is 26.5. The van der Waals surface area contributed by atoms with Gasteiger partial charge in [-0.1, -0.05) is 29.8 Å². The Hall–Kier alpha value is -2.93. The number of anilines is 1. The van der Waals surface area contributed by atoms with Gasteiger partial charge in [0.25, 0.3) is 5.91 Å². The van der Waals surface area contributed by atoms with E-state index in [1.54, 1.807) is 31.2 Å². The van der Waals surface area contributed by atoms with E-state index >= 15 is 0 Å². The lowest BCUT2D eigenvalue weighted by Gasteiger charge is -2.34. The van der Waals surface area contributed by atoms with Crippen LogP contribution in [0, 0.1) is 11.6 Å². The average Bonchev–Trinajstić information content (AvgIpc) is 2.63. The van der Waals surface area contributed by atoms with Gasteiger partial charge >= 0.3 is 6.03 Å². The van der Waals surface area contributed by atoms with Crippen molar-refractivity contribution in [2.45, 2.75) is 13.0 Å². The van der Waals surface area contributed by atoms with E-state index in [9.17, 15) is 18.4 Å². The van der Waals surface area contributed by atoms with Crippen LogP contribution in [0.5, 0.6) is 0 Å². The highest BCUT2D eigenvalue weighted by molar-refractivity contribution is 6.31. The molecule has 1 aliphatic heterocycles. The molecule has 5 nitrogen and oxygen atoms in total. The molecule has 0 radical (unpaired) electrons. The van der Waals surface area contributed by atoms with Crippen molar-refractivity contribution in [2.24, 2.45) is 0 Å². The van der Waals surface area contributed by atoms with Crippen molar-refractivity contribution in [3.8, 4) is 0 Å². The van der Waals surface area contributed by atoms with Crippen molar-refractivity contribution in [3.05, 3.63) is 76.0 Å². The Balaban J connectivity index is 2.02. The third kappa shape index (κ3) is 3.64. The standard InChI is InChI=1S/C19H16ClF2N3O2/c1-10-16(18(26)23-11-7-8-14(21)15(22)9-11)17(24-19(27)25(10)2)12-5-3-4-6-13(12)20/h3-9,17H,1-2H3,(H,23,26)(H,24,27)/t17-/m1/s1. The number of allylic oxidation sites excluding steroid dienone is 1. The molecule has 1 heterocycles. The summed E-state index contributed by atoms with van der Waals surface area (Å²) in [5, 5.41) is 5.67.